The summed E-state index contributed by atoms with van der Waals surface area (Å²) in [6, 6.07) is 18.1. The van der Waals surface area contributed by atoms with Crippen molar-refractivity contribution in [3.63, 3.8) is 0 Å². The number of urea groups is 1. The van der Waals surface area contributed by atoms with Crippen molar-refractivity contribution in [2.24, 2.45) is 0 Å². The van der Waals surface area contributed by atoms with Crippen LogP contribution in [0.2, 0.25) is 0 Å². The molecule has 1 N–H and O–H groups in total. The van der Waals surface area contributed by atoms with E-state index in [1.807, 2.05) is 53.4 Å². The fraction of sp³-hybridized carbons (Fsp3) is 0.188. The maximum absolute atomic E-state index is 12.2. The zero-order valence-corrected chi connectivity index (χ0v) is 10.8. The predicted octanol–water partition coefficient (Wildman–Crippen LogP) is 3.80. The zero-order chi connectivity index (χ0) is 13.2. The highest BCUT2D eigenvalue weighted by Gasteiger charge is 2.28. The number of hydrogen-bond donors (Lipinski definition) is 1. The highest BCUT2D eigenvalue weighted by atomic mass is 16.2. The number of hydrogen-bond acceptors (Lipinski definition) is 1. The monoisotopic (exact) mass is 252 g/mol. The van der Waals surface area contributed by atoms with Gasteiger partial charge in [-0.15, -0.1) is 0 Å². The topological polar surface area (TPSA) is 32.3 Å². The molecule has 0 radical (unpaired) electrons. The lowest BCUT2D eigenvalue weighted by Crippen LogP contribution is -2.40. The highest BCUT2D eigenvalue weighted by molar-refractivity contribution is 5.92. The number of anilines is 1. The molecule has 96 valence electrons. The van der Waals surface area contributed by atoms with Crippen molar-refractivity contribution in [3.05, 3.63) is 65.7 Å². The number of carbonyl (C=O) groups is 1. The summed E-state index contributed by atoms with van der Waals surface area (Å²) in [4.78, 5) is 14.0. The van der Waals surface area contributed by atoms with Gasteiger partial charge in [-0.25, -0.2) is 4.79 Å². The van der Waals surface area contributed by atoms with Crippen LogP contribution in [0.1, 0.15) is 24.1 Å². The summed E-state index contributed by atoms with van der Waals surface area (Å²) >= 11 is 0. The number of nitrogens with zero attached hydrogens (tertiary/aromatic N) is 1. The summed E-state index contributed by atoms with van der Waals surface area (Å²) in [5.41, 5.74) is 3.23. The minimum Gasteiger partial charge on any atom is -0.313 e. The number of fused-ring (bicyclic) bond motifs is 1. The first kappa shape index (κ1) is 11.8. The number of nitrogens with one attached hydrogen (secondary N) is 1. The normalized spacial score (nSPS) is 17.8. The molecule has 3 rings (SSSR count). The fourth-order valence-corrected chi connectivity index (χ4v) is 2.49. The molecule has 19 heavy (non-hydrogen) atoms. The third-order valence-electron chi connectivity index (χ3n) is 3.58. The van der Waals surface area contributed by atoms with Crippen molar-refractivity contribution in [2.75, 3.05) is 5.32 Å². The second-order valence-corrected chi connectivity index (χ2v) is 4.81. The van der Waals surface area contributed by atoms with Crippen LogP contribution in [-0.4, -0.2) is 10.9 Å². The average molecular weight is 252 g/mol. The summed E-state index contributed by atoms with van der Waals surface area (Å²) < 4.78 is 0. The number of benzene rings is 2. The summed E-state index contributed by atoms with van der Waals surface area (Å²) in [6.07, 6.45) is 0. The second kappa shape index (κ2) is 4.76. The minimum absolute atomic E-state index is 0.0324. The molecule has 0 unspecified atom stereocenters. The van der Waals surface area contributed by atoms with Crippen LogP contribution in [0, 0.1) is 0 Å². The van der Waals surface area contributed by atoms with Crippen molar-refractivity contribution in [3.8, 4) is 0 Å². The van der Waals surface area contributed by atoms with E-state index in [1.165, 1.54) is 0 Å². The smallest absolute Gasteiger partial charge is 0.313 e. The molecule has 0 fully saturated rings. The Kier molecular flexibility index (Phi) is 2.95. The van der Waals surface area contributed by atoms with Gasteiger partial charge < -0.3 is 10.2 Å². The van der Waals surface area contributed by atoms with E-state index < -0.39 is 0 Å². The van der Waals surface area contributed by atoms with Crippen molar-refractivity contribution in [2.45, 2.75) is 19.5 Å². The van der Waals surface area contributed by atoms with Gasteiger partial charge in [-0.2, -0.15) is 0 Å². The Labute approximate surface area is 112 Å². The molecule has 2 amide bonds. The van der Waals surface area contributed by atoms with Gasteiger partial charge in [-0.05, 0) is 24.1 Å². The van der Waals surface area contributed by atoms with Gasteiger partial charge in [-0.1, -0.05) is 48.5 Å². The van der Waals surface area contributed by atoms with E-state index in [0.29, 0.717) is 6.54 Å². The van der Waals surface area contributed by atoms with Crippen LogP contribution < -0.4 is 5.32 Å². The predicted molar refractivity (Wildman–Crippen MR) is 75.9 cm³/mol. The first-order valence-corrected chi connectivity index (χ1v) is 6.46. The van der Waals surface area contributed by atoms with Gasteiger partial charge in [0.25, 0.3) is 0 Å². The SMILES string of the molecule is C[C@H]1c2ccccc2NC(=O)N1Cc1ccccc1. The molecule has 0 saturated heterocycles. The Morgan fingerprint density at radius 1 is 1.05 bits per heavy atom. The molecule has 0 saturated carbocycles. The summed E-state index contributed by atoms with van der Waals surface area (Å²) in [7, 11) is 0. The van der Waals surface area contributed by atoms with E-state index in [0.717, 1.165) is 16.8 Å². The quantitative estimate of drug-likeness (QED) is 0.866. The molecule has 2 aromatic rings. The standard InChI is InChI=1S/C16H16N2O/c1-12-14-9-5-6-10-15(14)17-16(19)18(12)11-13-7-3-2-4-8-13/h2-10,12H,11H2,1H3,(H,17,19)/t12-/m0/s1. The fourth-order valence-electron chi connectivity index (χ4n) is 2.49. The van der Waals surface area contributed by atoms with Crippen LogP contribution in [0.5, 0.6) is 0 Å². The van der Waals surface area contributed by atoms with E-state index in [1.54, 1.807) is 0 Å². The second-order valence-electron chi connectivity index (χ2n) is 4.81. The van der Waals surface area contributed by atoms with Crippen LogP contribution >= 0.6 is 0 Å². The molecule has 2 aromatic carbocycles. The molecule has 1 atom stereocenters. The van der Waals surface area contributed by atoms with Crippen LogP contribution in [0.25, 0.3) is 0 Å². The van der Waals surface area contributed by atoms with E-state index in [2.05, 4.69) is 18.3 Å². The third kappa shape index (κ3) is 2.19. The molecule has 0 spiro atoms. The molecule has 0 aromatic heterocycles. The molecule has 0 aliphatic carbocycles. The summed E-state index contributed by atoms with van der Waals surface area (Å²) in [5.74, 6) is 0. The lowest BCUT2D eigenvalue weighted by atomic mass is 10.0. The van der Waals surface area contributed by atoms with E-state index in [9.17, 15) is 4.79 Å². The molecule has 0 bridgehead atoms. The third-order valence-corrected chi connectivity index (χ3v) is 3.58. The number of carbonyl (C=O) groups excluding carboxylic acids is 1. The maximum atomic E-state index is 12.2. The van der Waals surface area contributed by atoms with Crippen LogP contribution in [0.3, 0.4) is 0 Å². The molecule has 1 aliphatic heterocycles. The van der Waals surface area contributed by atoms with Gasteiger partial charge in [0.15, 0.2) is 0 Å². The van der Waals surface area contributed by atoms with Gasteiger partial charge in [0.05, 0.1) is 6.04 Å². The van der Waals surface area contributed by atoms with Gasteiger partial charge in [0.2, 0.25) is 0 Å². The van der Waals surface area contributed by atoms with Crippen LogP contribution in [0.4, 0.5) is 10.5 Å². The van der Waals surface area contributed by atoms with Gasteiger partial charge in [-0.3, -0.25) is 0 Å². The van der Waals surface area contributed by atoms with Crippen molar-refractivity contribution < 1.29 is 4.79 Å². The van der Waals surface area contributed by atoms with Crippen LogP contribution in [0.15, 0.2) is 54.6 Å². The first-order valence-electron chi connectivity index (χ1n) is 6.46. The average Bonchev–Trinajstić information content (AvgIpc) is 2.45. The molecule has 3 nitrogen and oxygen atoms in total. The highest BCUT2D eigenvalue weighted by Crippen LogP contribution is 2.33. The lowest BCUT2D eigenvalue weighted by molar-refractivity contribution is 0.186. The Hall–Kier alpha value is -2.29. The van der Waals surface area contributed by atoms with Gasteiger partial charge in [0.1, 0.15) is 0 Å². The molecular weight excluding hydrogens is 236 g/mol. The lowest BCUT2D eigenvalue weighted by Gasteiger charge is -2.35. The van der Waals surface area contributed by atoms with E-state index >= 15 is 0 Å². The van der Waals surface area contributed by atoms with Crippen molar-refractivity contribution >= 4 is 11.7 Å². The van der Waals surface area contributed by atoms with Gasteiger partial charge in [0, 0.05) is 12.2 Å². The van der Waals surface area contributed by atoms with Crippen LogP contribution in [-0.2, 0) is 6.54 Å². The Morgan fingerprint density at radius 3 is 2.53 bits per heavy atom. The molecule has 1 aliphatic rings. The molecular formula is C16H16N2O. The molecule has 1 heterocycles. The van der Waals surface area contributed by atoms with Gasteiger partial charge >= 0.3 is 6.03 Å². The Balaban J connectivity index is 1.89. The summed E-state index contributed by atoms with van der Waals surface area (Å²) in [5, 5.41) is 2.95. The molecule has 3 heteroatoms. The Morgan fingerprint density at radius 2 is 1.74 bits per heavy atom. The number of amides is 2. The largest absolute Gasteiger partial charge is 0.322 e. The van der Waals surface area contributed by atoms with E-state index in [-0.39, 0.29) is 12.1 Å². The summed E-state index contributed by atoms with van der Waals surface area (Å²) in [6.45, 7) is 2.70. The van der Waals surface area contributed by atoms with Crippen molar-refractivity contribution in [1.29, 1.82) is 0 Å². The zero-order valence-electron chi connectivity index (χ0n) is 10.8. The van der Waals surface area contributed by atoms with E-state index in [4.69, 9.17) is 0 Å². The minimum atomic E-state index is -0.0324. The first-order chi connectivity index (χ1) is 9.25. The number of rotatable bonds is 2. The van der Waals surface area contributed by atoms with Crippen molar-refractivity contribution in [1.82, 2.24) is 4.90 Å². The number of para-hydroxylation sites is 1. The Bertz CT molecular complexity index is 595. The maximum Gasteiger partial charge on any atom is 0.322 e.